The average Bonchev–Trinajstić information content (AvgIpc) is 3.01. The molecule has 1 N–H and O–H groups in total. The lowest BCUT2D eigenvalue weighted by atomic mass is 10.0. The third-order valence-electron chi connectivity index (χ3n) is 3.45. The van der Waals surface area contributed by atoms with Gasteiger partial charge in [0.1, 0.15) is 12.4 Å². The molecule has 24 heavy (non-hydrogen) atoms. The third kappa shape index (κ3) is 3.90. The highest BCUT2D eigenvalue weighted by molar-refractivity contribution is 7.13. The Balaban J connectivity index is 1.88. The smallest absolute Gasteiger partial charge is 0.203 e. The number of methoxy groups -OCH3 is 1. The second-order valence-corrected chi connectivity index (χ2v) is 6.06. The van der Waals surface area contributed by atoms with Crippen LogP contribution >= 0.6 is 11.3 Å². The largest absolute Gasteiger partial charge is 0.490 e. The molecular weight excluding hydrogens is 322 g/mol. The number of fused-ring (bicyclic) bond motifs is 1. The summed E-state index contributed by atoms with van der Waals surface area (Å²) in [4.78, 5) is 4.33. The minimum absolute atomic E-state index is 0.495. The first-order valence-corrected chi connectivity index (χ1v) is 8.50. The lowest BCUT2D eigenvalue weighted by Gasteiger charge is -2.11. The van der Waals surface area contributed by atoms with Crippen LogP contribution in [-0.2, 0) is 4.74 Å². The van der Waals surface area contributed by atoms with Gasteiger partial charge in [0, 0.05) is 18.1 Å². The number of nitrogens with one attached hydrogen (secondary N) is 1. The van der Waals surface area contributed by atoms with Gasteiger partial charge in [0.2, 0.25) is 5.13 Å². The molecule has 1 heterocycles. The molecule has 0 aliphatic rings. The second-order valence-electron chi connectivity index (χ2n) is 5.20. The zero-order chi connectivity index (χ0) is 16.8. The molecule has 0 saturated carbocycles. The first-order valence-electron chi connectivity index (χ1n) is 7.62. The number of benzene rings is 2. The normalized spacial score (nSPS) is 11.2. The molecule has 3 aromatic rings. The number of aryl methyl sites for hydroxylation is 1. The van der Waals surface area contributed by atoms with E-state index in [4.69, 9.17) is 9.47 Å². The fourth-order valence-electron chi connectivity index (χ4n) is 2.33. The Hall–Kier alpha value is -2.44. The van der Waals surface area contributed by atoms with E-state index in [1.54, 1.807) is 13.3 Å². The molecule has 0 saturated heterocycles. The summed E-state index contributed by atoms with van der Waals surface area (Å²) in [5, 5.41) is 9.31. The molecule has 5 nitrogen and oxygen atoms in total. The molecule has 0 aliphatic heterocycles. The van der Waals surface area contributed by atoms with E-state index in [2.05, 4.69) is 27.6 Å². The van der Waals surface area contributed by atoms with Gasteiger partial charge in [0.05, 0.1) is 18.5 Å². The molecule has 0 spiro atoms. The first kappa shape index (κ1) is 16.4. The molecule has 0 atom stereocenters. The predicted molar refractivity (Wildman–Crippen MR) is 99.4 cm³/mol. The van der Waals surface area contributed by atoms with Gasteiger partial charge in [-0.1, -0.05) is 30.3 Å². The number of hydrogen-bond acceptors (Lipinski definition) is 6. The molecular formula is C18H19N3O2S. The minimum atomic E-state index is 0.495. The standard InChI is InChI=1S/C18H19N3O2S/c1-13-12-24-18(20-13)21-19-11-16-15-6-4-3-5-14(15)7-8-17(16)23-10-9-22-2/h3-8,11-12H,9-10H2,1-2H3,(H,20,21). The molecule has 0 bridgehead atoms. The summed E-state index contributed by atoms with van der Waals surface area (Å²) >= 11 is 1.53. The summed E-state index contributed by atoms with van der Waals surface area (Å²) in [7, 11) is 1.66. The Kier molecular flexibility index (Phi) is 5.40. The Morgan fingerprint density at radius 2 is 2.08 bits per heavy atom. The fourth-order valence-corrected chi connectivity index (χ4v) is 2.96. The lowest BCUT2D eigenvalue weighted by Crippen LogP contribution is -2.06. The number of aromatic nitrogens is 1. The Morgan fingerprint density at radius 3 is 2.88 bits per heavy atom. The van der Waals surface area contributed by atoms with Gasteiger partial charge >= 0.3 is 0 Å². The van der Waals surface area contributed by atoms with Gasteiger partial charge in [-0.2, -0.15) is 5.10 Å². The summed E-state index contributed by atoms with van der Waals surface area (Å²) in [6, 6.07) is 12.2. The summed E-state index contributed by atoms with van der Waals surface area (Å²) < 4.78 is 10.9. The van der Waals surface area contributed by atoms with Gasteiger partial charge < -0.3 is 9.47 Å². The van der Waals surface area contributed by atoms with Crippen molar-refractivity contribution in [3.63, 3.8) is 0 Å². The lowest BCUT2D eigenvalue weighted by molar-refractivity contribution is 0.146. The Labute approximate surface area is 144 Å². The van der Waals surface area contributed by atoms with Gasteiger partial charge in [0.25, 0.3) is 0 Å². The van der Waals surface area contributed by atoms with E-state index in [0.29, 0.717) is 13.2 Å². The van der Waals surface area contributed by atoms with Crippen molar-refractivity contribution >= 4 is 33.5 Å². The monoisotopic (exact) mass is 341 g/mol. The molecule has 0 unspecified atom stereocenters. The van der Waals surface area contributed by atoms with Crippen LogP contribution in [0.15, 0.2) is 46.9 Å². The quantitative estimate of drug-likeness (QED) is 0.400. The van der Waals surface area contributed by atoms with Crippen molar-refractivity contribution < 1.29 is 9.47 Å². The average molecular weight is 341 g/mol. The first-order chi connectivity index (χ1) is 11.8. The molecule has 0 aliphatic carbocycles. The van der Waals surface area contributed by atoms with Crippen LogP contribution in [0.2, 0.25) is 0 Å². The van der Waals surface area contributed by atoms with E-state index in [9.17, 15) is 0 Å². The van der Waals surface area contributed by atoms with Gasteiger partial charge in [-0.25, -0.2) is 4.98 Å². The van der Waals surface area contributed by atoms with Crippen molar-refractivity contribution in [2.75, 3.05) is 25.7 Å². The topological polar surface area (TPSA) is 55.7 Å². The summed E-state index contributed by atoms with van der Waals surface area (Å²) in [6.45, 7) is 2.99. The number of anilines is 1. The molecule has 124 valence electrons. The molecule has 6 heteroatoms. The van der Waals surface area contributed by atoms with Crippen LogP contribution in [-0.4, -0.2) is 31.5 Å². The van der Waals surface area contributed by atoms with Crippen molar-refractivity contribution in [1.29, 1.82) is 0 Å². The Morgan fingerprint density at radius 1 is 1.21 bits per heavy atom. The number of hydrogen-bond donors (Lipinski definition) is 1. The van der Waals surface area contributed by atoms with E-state index >= 15 is 0 Å². The van der Waals surface area contributed by atoms with Crippen LogP contribution in [0.1, 0.15) is 11.3 Å². The van der Waals surface area contributed by atoms with Crippen LogP contribution < -0.4 is 10.2 Å². The minimum Gasteiger partial charge on any atom is -0.490 e. The predicted octanol–water partition coefficient (Wildman–Crippen LogP) is 4.08. The second kappa shape index (κ2) is 7.90. The number of nitrogens with zero attached hydrogens (tertiary/aromatic N) is 2. The highest BCUT2D eigenvalue weighted by atomic mass is 32.1. The molecule has 3 rings (SSSR count). The molecule has 1 aromatic heterocycles. The Bertz CT molecular complexity index is 845. The van der Waals surface area contributed by atoms with Gasteiger partial charge in [0.15, 0.2) is 0 Å². The van der Waals surface area contributed by atoms with E-state index in [1.165, 1.54) is 11.3 Å². The van der Waals surface area contributed by atoms with Gasteiger partial charge in [-0.05, 0) is 23.8 Å². The van der Waals surface area contributed by atoms with Crippen LogP contribution in [0.4, 0.5) is 5.13 Å². The maximum absolute atomic E-state index is 5.84. The number of hydrazone groups is 1. The molecule has 0 amide bonds. The van der Waals surface area contributed by atoms with Crippen molar-refractivity contribution in [3.05, 3.63) is 53.0 Å². The van der Waals surface area contributed by atoms with Crippen LogP contribution in [0.5, 0.6) is 5.75 Å². The summed E-state index contributed by atoms with van der Waals surface area (Å²) in [5.41, 5.74) is 4.88. The SMILES string of the molecule is COCCOc1ccc2ccccc2c1C=NNc1nc(C)cs1. The van der Waals surface area contributed by atoms with E-state index in [1.807, 2.05) is 36.6 Å². The summed E-state index contributed by atoms with van der Waals surface area (Å²) in [5.74, 6) is 0.784. The number of rotatable bonds is 7. The van der Waals surface area contributed by atoms with E-state index < -0.39 is 0 Å². The highest BCUT2D eigenvalue weighted by Gasteiger charge is 2.07. The van der Waals surface area contributed by atoms with Crippen LogP contribution in [0.3, 0.4) is 0 Å². The fraction of sp³-hybridized carbons (Fsp3) is 0.222. The zero-order valence-corrected chi connectivity index (χ0v) is 14.5. The highest BCUT2D eigenvalue weighted by Crippen LogP contribution is 2.27. The maximum Gasteiger partial charge on any atom is 0.203 e. The van der Waals surface area contributed by atoms with E-state index in [-0.39, 0.29) is 0 Å². The van der Waals surface area contributed by atoms with Crippen molar-refractivity contribution in [2.24, 2.45) is 5.10 Å². The molecule has 2 aromatic carbocycles. The maximum atomic E-state index is 5.84. The van der Waals surface area contributed by atoms with Crippen molar-refractivity contribution in [2.45, 2.75) is 6.92 Å². The number of thiazole rings is 1. The molecule has 0 radical (unpaired) electrons. The van der Waals surface area contributed by atoms with Crippen LogP contribution in [0, 0.1) is 6.92 Å². The zero-order valence-electron chi connectivity index (χ0n) is 13.7. The van der Waals surface area contributed by atoms with Crippen molar-refractivity contribution in [3.8, 4) is 5.75 Å². The van der Waals surface area contributed by atoms with Gasteiger partial charge in [-0.3, -0.25) is 5.43 Å². The van der Waals surface area contributed by atoms with E-state index in [0.717, 1.165) is 32.9 Å². The summed E-state index contributed by atoms with van der Waals surface area (Å²) in [6.07, 6.45) is 1.78. The third-order valence-corrected chi connectivity index (χ3v) is 4.31. The van der Waals surface area contributed by atoms with Gasteiger partial charge in [-0.15, -0.1) is 11.3 Å². The number of ether oxygens (including phenoxy) is 2. The van der Waals surface area contributed by atoms with Crippen LogP contribution in [0.25, 0.3) is 10.8 Å². The van der Waals surface area contributed by atoms with Crippen molar-refractivity contribution in [1.82, 2.24) is 4.98 Å². The molecule has 0 fully saturated rings.